The molecule has 3 heterocycles. The van der Waals surface area contributed by atoms with E-state index in [1.807, 2.05) is 0 Å². The van der Waals surface area contributed by atoms with Crippen LogP contribution in [0.3, 0.4) is 0 Å². The second-order valence-corrected chi connectivity index (χ2v) is 8.78. The van der Waals surface area contributed by atoms with Crippen LogP contribution >= 0.6 is 0 Å². The Morgan fingerprint density at radius 2 is 1.82 bits per heavy atom. The Bertz CT molecular complexity index is 1190. The molecule has 3 aliphatic heterocycles. The van der Waals surface area contributed by atoms with Crippen molar-refractivity contribution in [3.63, 3.8) is 0 Å². The monoisotopic (exact) mass is 463 g/mol. The van der Waals surface area contributed by atoms with Crippen LogP contribution in [0.5, 0.6) is 11.5 Å². The van der Waals surface area contributed by atoms with Crippen molar-refractivity contribution in [1.29, 1.82) is 0 Å². The number of benzene rings is 2. The van der Waals surface area contributed by atoms with Crippen LogP contribution in [-0.2, 0) is 15.1 Å². The highest BCUT2D eigenvalue weighted by atomic mass is 16.5. The molecular formula is C25H25N3O6. The molecule has 0 spiro atoms. The van der Waals surface area contributed by atoms with E-state index in [9.17, 15) is 19.2 Å². The van der Waals surface area contributed by atoms with Crippen LogP contribution in [0.1, 0.15) is 42.1 Å². The average molecular weight is 463 g/mol. The van der Waals surface area contributed by atoms with Gasteiger partial charge < -0.3 is 19.7 Å². The van der Waals surface area contributed by atoms with E-state index in [0.29, 0.717) is 54.5 Å². The van der Waals surface area contributed by atoms with Crippen LogP contribution in [0, 0.1) is 0 Å². The molecule has 5 rings (SSSR count). The molecule has 176 valence electrons. The van der Waals surface area contributed by atoms with Crippen LogP contribution in [0.15, 0.2) is 42.5 Å². The summed E-state index contributed by atoms with van der Waals surface area (Å²) in [4.78, 5) is 53.7. The van der Waals surface area contributed by atoms with Gasteiger partial charge >= 0.3 is 6.03 Å². The van der Waals surface area contributed by atoms with Crippen LogP contribution < -0.4 is 19.7 Å². The molecule has 0 radical (unpaired) electrons. The summed E-state index contributed by atoms with van der Waals surface area (Å²) in [6.45, 7) is 2.86. The minimum absolute atomic E-state index is 0.0181. The number of hydrogen-bond acceptors (Lipinski definition) is 6. The molecule has 0 aromatic heterocycles. The Labute approximate surface area is 196 Å². The number of anilines is 1. The number of nitrogens with one attached hydrogen (secondary N) is 1. The van der Waals surface area contributed by atoms with Gasteiger partial charge in [-0.3, -0.25) is 19.3 Å². The number of imide groups is 1. The van der Waals surface area contributed by atoms with Crippen LogP contribution in [0.25, 0.3) is 0 Å². The van der Waals surface area contributed by atoms with E-state index in [4.69, 9.17) is 9.47 Å². The third-order valence-electron chi connectivity index (χ3n) is 6.45. The number of hydrogen-bond donors (Lipinski definition) is 1. The summed E-state index contributed by atoms with van der Waals surface area (Å²) in [5.41, 5.74) is 0.176. The zero-order chi connectivity index (χ0) is 23.9. The lowest BCUT2D eigenvalue weighted by molar-refractivity contribution is -0.130. The summed E-state index contributed by atoms with van der Waals surface area (Å²) in [5, 5.41) is 2.72. The van der Waals surface area contributed by atoms with Crippen molar-refractivity contribution in [2.75, 3.05) is 31.2 Å². The molecule has 9 nitrogen and oxygen atoms in total. The minimum Gasteiger partial charge on any atom is -0.490 e. The van der Waals surface area contributed by atoms with Crippen molar-refractivity contribution in [2.45, 2.75) is 31.7 Å². The van der Waals surface area contributed by atoms with Gasteiger partial charge in [0, 0.05) is 30.6 Å². The van der Waals surface area contributed by atoms with Crippen LogP contribution in [0.2, 0.25) is 0 Å². The van der Waals surface area contributed by atoms with Crippen molar-refractivity contribution < 1.29 is 28.7 Å². The Morgan fingerprint density at radius 3 is 2.59 bits per heavy atom. The van der Waals surface area contributed by atoms with Gasteiger partial charge in [-0.25, -0.2) is 4.79 Å². The standard InChI is InChI=1S/C25H25N3O6/c1-25(17-8-9-20-21(14-17)34-12-4-11-33-20)23(31)28(24(32)26-25)15-19(29)16-5-2-6-18(13-16)27-10-3-7-22(27)30/h2,5-6,8-9,13-14H,3-4,7,10-12,15H2,1H3,(H,26,32). The van der Waals surface area contributed by atoms with Crippen molar-refractivity contribution in [2.24, 2.45) is 0 Å². The van der Waals surface area contributed by atoms with Gasteiger partial charge in [-0.1, -0.05) is 18.2 Å². The first kappa shape index (κ1) is 21.9. The summed E-state index contributed by atoms with van der Waals surface area (Å²) in [7, 11) is 0. The van der Waals surface area contributed by atoms with Crippen molar-refractivity contribution in [3.05, 3.63) is 53.6 Å². The molecule has 0 aliphatic carbocycles. The largest absolute Gasteiger partial charge is 0.490 e. The van der Waals surface area contributed by atoms with E-state index in [1.165, 1.54) is 0 Å². The van der Waals surface area contributed by atoms with Gasteiger partial charge in [-0.05, 0) is 43.2 Å². The fourth-order valence-corrected chi connectivity index (χ4v) is 4.51. The number of carbonyl (C=O) groups excluding carboxylic acids is 4. The predicted octanol–water partition coefficient (Wildman–Crippen LogP) is 2.62. The SMILES string of the molecule is CC1(c2ccc3c(c2)OCCCO3)NC(=O)N(CC(=O)c2cccc(N3CCCC3=O)c2)C1=O. The first-order valence-electron chi connectivity index (χ1n) is 11.3. The maximum absolute atomic E-state index is 13.3. The lowest BCUT2D eigenvalue weighted by Gasteiger charge is -2.23. The number of Topliss-reactive ketones (excluding diaryl/α,β-unsaturated/α-hetero) is 1. The highest BCUT2D eigenvalue weighted by molar-refractivity contribution is 6.11. The number of nitrogens with zero attached hydrogens (tertiary/aromatic N) is 2. The highest BCUT2D eigenvalue weighted by Gasteiger charge is 2.49. The van der Waals surface area contributed by atoms with E-state index in [1.54, 1.807) is 54.3 Å². The number of fused-ring (bicyclic) bond motifs is 1. The fraction of sp³-hybridized carbons (Fsp3) is 0.360. The molecular weight excluding hydrogens is 438 g/mol. The number of amides is 4. The molecule has 34 heavy (non-hydrogen) atoms. The maximum atomic E-state index is 13.3. The molecule has 4 amide bonds. The van der Waals surface area contributed by atoms with E-state index in [-0.39, 0.29) is 11.7 Å². The Kier molecular flexibility index (Phi) is 5.47. The smallest absolute Gasteiger partial charge is 0.325 e. The number of ether oxygens (including phenoxy) is 2. The average Bonchev–Trinajstić information content (AvgIpc) is 3.24. The van der Waals surface area contributed by atoms with Crippen LogP contribution in [0.4, 0.5) is 10.5 Å². The predicted molar refractivity (Wildman–Crippen MR) is 122 cm³/mol. The summed E-state index contributed by atoms with van der Waals surface area (Å²) in [6.07, 6.45) is 2.01. The second kappa shape index (κ2) is 8.48. The van der Waals surface area contributed by atoms with Crippen molar-refractivity contribution in [3.8, 4) is 11.5 Å². The van der Waals surface area contributed by atoms with Gasteiger partial charge in [-0.15, -0.1) is 0 Å². The lowest BCUT2D eigenvalue weighted by Crippen LogP contribution is -2.41. The molecule has 3 aliphatic rings. The molecule has 1 atom stereocenters. The lowest BCUT2D eigenvalue weighted by atomic mass is 9.91. The summed E-state index contributed by atoms with van der Waals surface area (Å²) >= 11 is 0. The maximum Gasteiger partial charge on any atom is 0.325 e. The first-order chi connectivity index (χ1) is 16.4. The number of rotatable bonds is 5. The zero-order valence-electron chi connectivity index (χ0n) is 18.8. The van der Waals surface area contributed by atoms with Crippen molar-refractivity contribution in [1.82, 2.24) is 10.2 Å². The Balaban J connectivity index is 1.35. The summed E-state index contributed by atoms with van der Waals surface area (Å²) in [6, 6.07) is 11.2. The second-order valence-electron chi connectivity index (χ2n) is 8.78. The van der Waals surface area contributed by atoms with Gasteiger partial charge in [0.25, 0.3) is 5.91 Å². The molecule has 0 bridgehead atoms. The first-order valence-corrected chi connectivity index (χ1v) is 11.3. The summed E-state index contributed by atoms with van der Waals surface area (Å²) < 4.78 is 11.4. The molecule has 0 saturated carbocycles. The van der Waals surface area contributed by atoms with Gasteiger partial charge in [0.05, 0.1) is 19.8 Å². The normalized spacial score (nSPS) is 22.1. The minimum atomic E-state index is -1.34. The van der Waals surface area contributed by atoms with E-state index < -0.39 is 24.0 Å². The molecule has 1 N–H and O–H groups in total. The van der Waals surface area contributed by atoms with E-state index in [2.05, 4.69) is 5.32 Å². The molecule has 1 unspecified atom stereocenters. The van der Waals surface area contributed by atoms with Crippen LogP contribution in [-0.4, -0.2) is 54.8 Å². The zero-order valence-corrected chi connectivity index (χ0v) is 18.8. The summed E-state index contributed by atoms with van der Waals surface area (Å²) in [5.74, 6) is 0.210. The van der Waals surface area contributed by atoms with E-state index in [0.717, 1.165) is 17.7 Å². The van der Waals surface area contributed by atoms with E-state index >= 15 is 0 Å². The fourth-order valence-electron chi connectivity index (χ4n) is 4.51. The third kappa shape index (κ3) is 3.76. The number of ketones is 1. The van der Waals surface area contributed by atoms with Gasteiger partial charge in [-0.2, -0.15) is 0 Å². The van der Waals surface area contributed by atoms with Gasteiger partial charge in [0.1, 0.15) is 5.54 Å². The molecule has 2 aromatic carbocycles. The quantitative estimate of drug-likeness (QED) is 0.540. The molecule has 2 saturated heterocycles. The third-order valence-corrected chi connectivity index (χ3v) is 6.45. The highest BCUT2D eigenvalue weighted by Crippen LogP contribution is 2.36. The van der Waals surface area contributed by atoms with Gasteiger partial charge in [0.2, 0.25) is 5.91 Å². The number of urea groups is 1. The molecule has 2 fully saturated rings. The van der Waals surface area contributed by atoms with Gasteiger partial charge in [0.15, 0.2) is 17.3 Å². The Morgan fingerprint density at radius 1 is 1.03 bits per heavy atom. The Hall–Kier alpha value is -3.88. The topological polar surface area (TPSA) is 105 Å². The molecule has 2 aromatic rings. The van der Waals surface area contributed by atoms with Crippen molar-refractivity contribution >= 4 is 29.3 Å². The molecule has 9 heteroatoms. The number of carbonyl (C=O) groups is 4.